The van der Waals surface area contributed by atoms with Crippen LogP contribution in [0.4, 0.5) is 0 Å². The highest BCUT2D eigenvalue weighted by molar-refractivity contribution is 5.78. The second kappa shape index (κ2) is 3.64. The van der Waals surface area contributed by atoms with E-state index in [1.165, 1.54) is 12.8 Å². The first-order valence-corrected chi connectivity index (χ1v) is 4.62. The first-order chi connectivity index (χ1) is 5.99. The minimum atomic E-state index is -0.822. The summed E-state index contributed by atoms with van der Waals surface area (Å²) in [4.78, 5) is 13.1. The Morgan fingerprint density at radius 1 is 1.69 bits per heavy atom. The Morgan fingerprint density at radius 2 is 2.23 bits per heavy atom. The zero-order valence-corrected chi connectivity index (χ0v) is 8.50. The largest absolute Gasteiger partial charge is 0.480 e. The maximum absolute atomic E-state index is 10.9. The van der Waals surface area contributed by atoms with E-state index in [4.69, 9.17) is 5.11 Å². The van der Waals surface area contributed by atoms with Crippen molar-refractivity contribution in [2.45, 2.75) is 31.3 Å². The number of nitrogens with zero attached hydrogens (tertiary/aromatic N) is 1. The average Bonchev–Trinajstić information content (AvgIpc) is 2.85. The lowest BCUT2D eigenvalue weighted by atomic mass is 10.0. The molecule has 0 heterocycles. The summed E-state index contributed by atoms with van der Waals surface area (Å²) < 4.78 is 0. The highest BCUT2D eigenvalue weighted by Gasteiger charge is 2.36. The molecular formula is C9H18N2O2. The molecule has 13 heavy (non-hydrogen) atoms. The molecule has 0 radical (unpaired) electrons. The third-order valence-corrected chi connectivity index (χ3v) is 2.76. The smallest absolute Gasteiger partial charge is 0.324 e. The van der Waals surface area contributed by atoms with Gasteiger partial charge in [-0.1, -0.05) is 0 Å². The van der Waals surface area contributed by atoms with Gasteiger partial charge >= 0.3 is 5.97 Å². The van der Waals surface area contributed by atoms with Crippen molar-refractivity contribution < 1.29 is 9.90 Å². The molecule has 0 aromatic heterocycles. The predicted octanol–water partition coefficient (Wildman–Crippen LogP) is 0.143. The second-order valence-electron chi connectivity index (χ2n) is 4.03. The van der Waals surface area contributed by atoms with Gasteiger partial charge in [-0.15, -0.1) is 0 Å². The van der Waals surface area contributed by atoms with E-state index < -0.39 is 11.5 Å². The Balaban J connectivity index is 2.50. The lowest BCUT2D eigenvalue weighted by molar-refractivity contribution is -0.144. The van der Waals surface area contributed by atoms with Gasteiger partial charge in [0.25, 0.3) is 0 Å². The average molecular weight is 186 g/mol. The van der Waals surface area contributed by atoms with E-state index in [1.807, 2.05) is 7.05 Å². The zero-order valence-electron chi connectivity index (χ0n) is 8.50. The zero-order chi connectivity index (χ0) is 10.1. The first-order valence-electron chi connectivity index (χ1n) is 4.62. The molecular weight excluding hydrogens is 168 g/mol. The third kappa shape index (κ3) is 2.42. The fourth-order valence-corrected chi connectivity index (χ4v) is 1.40. The molecule has 1 atom stereocenters. The van der Waals surface area contributed by atoms with Crippen LogP contribution in [0.15, 0.2) is 0 Å². The van der Waals surface area contributed by atoms with Gasteiger partial charge in [0.1, 0.15) is 5.54 Å². The van der Waals surface area contributed by atoms with Crippen molar-refractivity contribution >= 4 is 5.97 Å². The fourth-order valence-electron chi connectivity index (χ4n) is 1.40. The molecule has 1 unspecified atom stereocenters. The number of carboxylic acid groups (broad SMARTS) is 1. The molecule has 1 saturated carbocycles. The maximum Gasteiger partial charge on any atom is 0.324 e. The second-order valence-corrected chi connectivity index (χ2v) is 4.03. The Bertz CT molecular complexity index is 204. The van der Waals surface area contributed by atoms with Crippen molar-refractivity contribution in [1.82, 2.24) is 10.2 Å². The van der Waals surface area contributed by atoms with Crippen LogP contribution in [0, 0.1) is 0 Å². The molecule has 0 amide bonds. The molecule has 0 aromatic carbocycles. The van der Waals surface area contributed by atoms with Crippen LogP contribution in [0.5, 0.6) is 0 Å². The molecule has 1 rings (SSSR count). The van der Waals surface area contributed by atoms with Crippen molar-refractivity contribution in [1.29, 1.82) is 0 Å². The summed E-state index contributed by atoms with van der Waals surface area (Å²) in [6.45, 7) is 2.28. The van der Waals surface area contributed by atoms with Gasteiger partial charge < -0.3 is 15.3 Å². The SMILES string of the molecule is CNC(C)(CN(C)C1CC1)C(=O)O. The van der Waals surface area contributed by atoms with Gasteiger partial charge in [-0.05, 0) is 33.9 Å². The quantitative estimate of drug-likeness (QED) is 0.641. The Kier molecular flexibility index (Phi) is 2.93. The van der Waals surface area contributed by atoms with Gasteiger partial charge in [0.15, 0.2) is 0 Å². The summed E-state index contributed by atoms with van der Waals surface area (Å²) in [6.07, 6.45) is 2.41. The molecule has 4 nitrogen and oxygen atoms in total. The van der Waals surface area contributed by atoms with Crippen molar-refractivity contribution in [2.24, 2.45) is 0 Å². The maximum atomic E-state index is 10.9. The Morgan fingerprint density at radius 3 is 2.54 bits per heavy atom. The van der Waals surface area contributed by atoms with E-state index >= 15 is 0 Å². The van der Waals surface area contributed by atoms with Crippen molar-refractivity contribution in [3.05, 3.63) is 0 Å². The van der Waals surface area contributed by atoms with Crippen molar-refractivity contribution in [3.8, 4) is 0 Å². The number of hydrogen-bond donors (Lipinski definition) is 2. The molecule has 4 heteroatoms. The minimum Gasteiger partial charge on any atom is -0.480 e. The van der Waals surface area contributed by atoms with Gasteiger partial charge in [-0.2, -0.15) is 0 Å². The van der Waals surface area contributed by atoms with Crippen LogP contribution in [-0.4, -0.2) is 48.2 Å². The lowest BCUT2D eigenvalue weighted by Crippen LogP contribution is -2.55. The summed E-state index contributed by atoms with van der Waals surface area (Å²) in [6, 6.07) is 0.604. The third-order valence-electron chi connectivity index (χ3n) is 2.76. The minimum absolute atomic E-state index is 0.559. The van der Waals surface area contributed by atoms with E-state index in [-0.39, 0.29) is 0 Å². The topological polar surface area (TPSA) is 52.6 Å². The number of likely N-dealkylation sites (N-methyl/N-ethyl adjacent to an activating group) is 2. The molecule has 0 saturated heterocycles. The van der Waals surface area contributed by atoms with Gasteiger partial charge in [0.2, 0.25) is 0 Å². The van der Waals surface area contributed by atoms with Crippen LogP contribution in [0.2, 0.25) is 0 Å². The summed E-state index contributed by atoms with van der Waals surface area (Å²) in [7, 11) is 3.67. The fraction of sp³-hybridized carbons (Fsp3) is 0.889. The van der Waals surface area contributed by atoms with Crippen LogP contribution in [-0.2, 0) is 4.79 Å². The highest BCUT2D eigenvalue weighted by atomic mass is 16.4. The number of carboxylic acids is 1. The molecule has 1 aliphatic carbocycles. The highest BCUT2D eigenvalue weighted by Crippen LogP contribution is 2.26. The molecule has 0 aliphatic heterocycles. The van der Waals surface area contributed by atoms with Crippen LogP contribution < -0.4 is 5.32 Å². The van der Waals surface area contributed by atoms with Gasteiger partial charge in [-0.25, -0.2) is 0 Å². The number of aliphatic carboxylic acids is 1. The molecule has 2 N–H and O–H groups in total. The number of nitrogens with one attached hydrogen (secondary N) is 1. The Labute approximate surface area is 78.9 Å². The molecule has 1 aliphatic rings. The van der Waals surface area contributed by atoms with Crippen molar-refractivity contribution in [3.63, 3.8) is 0 Å². The Hall–Kier alpha value is -0.610. The molecule has 0 aromatic rings. The van der Waals surface area contributed by atoms with Gasteiger partial charge in [-0.3, -0.25) is 4.79 Å². The monoisotopic (exact) mass is 186 g/mol. The van der Waals surface area contributed by atoms with E-state index in [2.05, 4.69) is 10.2 Å². The summed E-state index contributed by atoms with van der Waals surface area (Å²) in [5, 5.41) is 11.8. The van der Waals surface area contributed by atoms with E-state index in [1.54, 1.807) is 14.0 Å². The van der Waals surface area contributed by atoms with Crippen LogP contribution in [0.25, 0.3) is 0 Å². The normalized spacial score (nSPS) is 21.5. The number of rotatable bonds is 5. The number of carbonyl (C=O) groups is 1. The standard InChI is InChI=1S/C9H18N2O2/c1-9(10-2,8(12)13)6-11(3)7-4-5-7/h7,10H,4-6H2,1-3H3,(H,12,13). The summed E-state index contributed by atoms with van der Waals surface area (Å²) in [5.74, 6) is -0.789. The van der Waals surface area contributed by atoms with Crippen LogP contribution in [0.3, 0.4) is 0 Å². The van der Waals surface area contributed by atoms with E-state index in [0.717, 1.165) is 0 Å². The summed E-state index contributed by atoms with van der Waals surface area (Å²) in [5.41, 5.74) is -0.822. The van der Waals surface area contributed by atoms with Crippen LogP contribution >= 0.6 is 0 Å². The van der Waals surface area contributed by atoms with Crippen LogP contribution in [0.1, 0.15) is 19.8 Å². The molecule has 1 fully saturated rings. The van der Waals surface area contributed by atoms with Crippen molar-refractivity contribution in [2.75, 3.05) is 20.6 Å². The molecule has 76 valence electrons. The van der Waals surface area contributed by atoms with Gasteiger partial charge in [0, 0.05) is 12.6 Å². The van der Waals surface area contributed by atoms with E-state index in [0.29, 0.717) is 12.6 Å². The number of hydrogen-bond acceptors (Lipinski definition) is 3. The lowest BCUT2D eigenvalue weighted by Gasteiger charge is -2.29. The molecule has 0 spiro atoms. The van der Waals surface area contributed by atoms with E-state index in [9.17, 15) is 4.79 Å². The summed E-state index contributed by atoms with van der Waals surface area (Å²) >= 11 is 0. The first kappa shape index (κ1) is 10.5. The van der Waals surface area contributed by atoms with Gasteiger partial charge in [0.05, 0.1) is 0 Å². The predicted molar refractivity (Wildman–Crippen MR) is 50.8 cm³/mol. The molecule has 0 bridgehead atoms.